The summed E-state index contributed by atoms with van der Waals surface area (Å²) in [5.74, 6) is 1.48. The van der Waals surface area contributed by atoms with Crippen molar-refractivity contribution in [1.82, 2.24) is 15.0 Å². The predicted octanol–water partition coefficient (Wildman–Crippen LogP) is 1.64. The lowest BCUT2D eigenvalue weighted by Gasteiger charge is -2.33. The number of hydrogen-bond donors (Lipinski definition) is 0. The average Bonchev–Trinajstić information content (AvgIpc) is 3.32. The van der Waals surface area contributed by atoms with Crippen LogP contribution in [-0.2, 0) is 4.74 Å². The molecule has 21 heavy (non-hydrogen) atoms. The first-order chi connectivity index (χ1) is 10.4. The van der Waals surface area contributed by atoms with Gasteiger partial charge in [0.2, 0.25) is 0 Å². The summed E-state index contributed by atoms with van der Waals surface area (Å²) in [7, 11) is 0. The fourth-order valence-electron chi connectivity index (χ4n) is 3.41. The second kappa shape index (κ2) is 5.93. The Bertz CT molecular complexity index is 468. The summed E-state index contributed by atoms with van der Waals surface area (Å²) < 4.78 is 10.9. The van der Waals surface area contributed by atoms with E-state index in [2.05, 4.69) is 19.9 Å². The highest BCUT2D eigenvalue weighted by Crippen LogP contribution is 2.38. The zero-order valence-corrected chi connectivity index (χ0v) is 12.5. The van der Waals surface area contributed by atoms with Crippen LogP contribution in [0.3, 0.4) is 0 Å². The van der Waals surface area contributed by atoms with Crippen molar-refractivity contribution in [3.63, 3.8) is 0 Å². The van der Waals surface area contributed by atoms with Crippen LogP contribution >= 0.6 is 0 Å². The van der Waals surface area contributed by atoms with Gasteiger partial charge in [-0.1, -0.05) is 5.16 Å². The highest BCUT2D eigenvalue weighted by atomic mass is 16.5. The summed E-state index contributed by atoms with van der Waals surface area (Å²) in [6, 6.07) is 1.43. The molecule has 2 saturated heterocycles. The van der Waals surface area contributed by atoms with Gasteiger partial charge in [0, 0.05) is 51.4 Å². The third kappa shape index (κ3) is 3.06. The Hall–Kier alpha value is -1.14. The Morgan fingerprint density at radius 3 is 2.62 bits per heavy atom. The highest BCUT2D eigenvalue weighted by Gasteiger charge is 2.30. The molecule has 0 unspecified atom stereocenters. The van der Waals surface area contributed by atoms with Crippen LogP contribution in [0.25, 0.3) is 0 Å². The van der Waals surface area contributed by atoms with Crippen LogP contribution in [0.4, 0.5) is 6.01 Å². The van der Waals surface area contributed by atoms with Gasteiger partial charge in [-0.3, -0.25) is 4.90 Å². The van der Waals surface area contributed by atoms with E-state index in [0.717, 1.165) is 44.7 Å². The molecule has 0 radical (unpaired) electrons. The van der Waals surface area contributed by atoms with Gasteiger partial charge >= 0.3 is 6.01 Å². The molecule has 1 aliphatic carbocycles. The number of rotatable bonds is 3. The first-order valence-corrected chi connectivity index (χ1v) is 8.30. The summed E-state index contributed by atoms with van der Waals surface area (Å²) in [5.41, 5.74) is 0. The summed E-state index contributed by atoms with van der Waals surface area (Å²) in [5, 5.41) is 4.13. The molecule has 3 aliphatic rings. The molecule has 2 aliphatic heterocycles. The normalized spacial score (nSPS) is 26.0. The van der Waals surface area contributed by atoms with Crippen LogP contribution in [0, 0.1) is 0 Å². The number of ether oxygens (including phenoxy) is 1. The fraction of sp³-hybridized carbons (Fsp3) is 0.867. The number of aromatic nitrogens is 2. The van der Waals surface area contributed by atoms with Crippen molar-refractivity contribution in [1.29, 1.82) is 0 Å². The zero-order valence-electron chi connectivity index (χ0n) is 12.5. The highest BCUT2D eigenvalue weighted by molar-refractivity contribution is 5.26. The molecule has 116 valence electrons. The Balaban J connectivity index is 1.37. The molecule has 0 aromatic carbocycles. The quantitative estimate of drug-likeness (QED) is 0.844. The van der Waals surface area contributed by atoms with E-state index in [-0.39, 0.29) is 0 Å². The topological polar surface area (TPSA) is 54.6 Å². The van der Waals surface area contributed by atoms with Gasteiger partial charge in [0.25, 0.3) is 0 Å². The van der Waals surface area contributed by atoms with E-state index in [9.17, 15) is 0 Å². The smallest absolute Gasteiger partial charge is 0.324 e. The third-order valence-corrected chi connectivity index (χ3v) is 4.88. The van der Waals surface area contributed by atoms with Crippen molar-refractivity contribution < 1.29 is 9.26 Å². The van der Waals surface area contributed by atoms with Gasteiger partial charge in [-0.25, -0.2) is 0 Å². The standard InChI is InChI=1S/C15H24N4O2/c1-6-18(13-4-10-20-11-5-13)8-9-19(7-1)15-16-14(17-21-15)12-2-3-12/h12-13H,1-11H2. The Labute approximate surface area is 125 Å². The van der Waals surface area contributed by atoms with E-state index >= 15 is 0 Å². The van der Waals surface area contributed by atoms with Crippen molar-refractivity contribution in [2.24, 2.45) is 0 Å². The number of hydrogen-bond acceptors (Lipinski definition) is 6. The average molecular weight is 292 g/mol. The van der Waals surface area contributed by atoms with Crippen molar-refractivity contribution in [2.75, 3.05) is 44.3 Å². The minimum Gasteiger partial charge on any atom is -0.381 e. The molecule has 6 nitrogen and oxygen atoms in total. The third-order valence-electron chi connectivity index (χ3n) is 4.88. The van der Waals surface area contributed by atoms with E-state index in [1.807, 2.05) is 0 Å². The monoisotopic (exact) mass is 292 g/mol. The molecule has 1 aromatic heterocycles. The molecule has 4 rings (SSSR count). The molecule has 3 heterocycles. The van der Waals surface area contributed by atoms with Crippen LogP contribution < -0.4 is 4.90 Å². The van der Waals surface area contributed by atoms with Crippen molar-refractivity contribution in [3.05, 3.63) is 5.82 Å². The maximum atomic E-state index is 5.47. The lowest BCUT2D eigenvalue weighted by molar-refractivity contribution is 0.0364. The van der Waals surface area contributed by atoms with Crippen LogP contribution in [0.15, 0.2) is 4.52 Å². The predicted molar refractivity (Wildman–Crippen MR) is 78.5 cm³/mol. The minimum absolute atomic E-state index is 0.563. The minimum atomic E-state index is 0.563. The number of nitrogens with zero attached hydrogens (tertiary/aromatic N) is 4. The molecule has 0 amide bonds. The second-order valence-corrected chi connectivity index (χ2v) is 6.43. The van der Waals surface area contributed by atoms with Crippen LogP contribution in [-0.4, -0.2) is 60.5 Å². The molecule has 3 fully saturated rings. The zero-order chi connectivity index (χ0) is 14.1. The van der Waals surface area contributed by atoms with E-state index in [1.165, 1.54) is 38.6 Å². The summed E-state index contributed by atoms with van der Waals surface area (Å²) >= 11 is 0. The lowest BCUT2D eigenvalue weighted by Crippen LogP contribution is -2.41. The molecule has 1 saturated carbocycles. The SMILES string of the molecule is C1CN(c2nc(C3CC3)no2)CCN(C2CCOCC2)C1. The Kier molecular flexibility index (Phi) is 3.82. The van der Waals surface area contributed by atoms with E-state index < -0.39 is 0 Å². The van der Waals surface area contributed by atoms with E-state index in [0.29, 0.717) is 12.0 Å². The van der Waals surface area contributed by atoms with Gasteiger partial charge in [-0.15, -0.1) is 0 Å². The molecule has 0 bridgehead atoms. The van der Waals surface area contributed by atoms with Gasteiger partial charge in [0.1, 0.15) is 0 Å². The van der Waals surface area contributed by atoms with Gasteiger partial charge in [-0.05, 0) is 32.1 Å². The van der Waals surface area contributed by atoms with Gasteiger partial charge in [0.15, 0.2) is 5.82 Å². The van der Waals surface area contributed by atoms with Crippen molar-refractivity contribution in [2.45, 2.75) is 44.1 Å². The fourth-order valence-corrected chi connectivity index (χ4v) is 3.41. The first kappa shape index (κ1) is 13.5. The maximum absolute atomic E-state index is 5.47. The van der Waals surface area contributed by atoms with E-state index in [4.69, 9.17) is 9.26 Å². The first-order valence-electron chi connectivity index (χ1n) is 8.30. The van der Waals surface area contributed by atoms with Crippen LogP contribution in [0.5, 0.6) is 0 Å². The van der Waals surface area contributed by atoms with Gasteiger partial charge in [0.05, 0.1) is 0 Å². The molecule has 6 heteroatoms. The molecule has 0 spiro atoms. The summed E-state index contributed by atoms with van der Waals surface area (Å²) in [6.45, 7) is 6.10. The van der Waals surface area contributed by atoms with E-state index in [1.54, 1.807) is 0 Å². The summed E-state index contributed by atoms with van der Waals surface area (Å²) in [6.07, 6.45) is 5.95. The second-order valence-electron chi connectivity index (χ2n) is 6.43. The Morgan fingerprint density at radius 2 is 1.81 bits per heavy atom. The van der Waals surface area contributed by atoms with Crippen LogP contribution in [0.1, 0.15) is 43.8 Å². The summed E-state index contributed by atoms with van der Waals surface area (Å²) in [4.78, 5) is 9.47. The number of anilines is 1. The van der Waals surface area contributed by atoms with Crippen molar-refractivity contribution >= 4 is 6.01 Å². The van der Waals surface area contributed by atoms with Crippen molar-refractivity contribution in [3.8, 4) is 0 Å². The maximum Gasteiger partial charge on any atom is 0.324 e. The molecule has 0 atom stereocenters. The molecule has 1 aromatic rings. The van der Waals surface area contributed by atoms with Gasteiger partial charge < -0.3 is 14.2 Å². The Morgan fingerprint density at radius 1 is 0.952 bits per heavy atom. The van der Waals surface area contributed by atoms with Gasteiger partial charge in [-0.2, -0.15) is 4.98 Å². The molecular formula is C15H24N4O2. The molecule has 0 N–H and O–H groups in total. The molecular weight excluding hydrogens is 268 g/mol. The largest absolute Gasteiger partial charge is 0.381 e. The lowest BCUT2D eigenvalue weighted by atomic mass is 10.1. The van der Waals surface area contributed by atoms with Crippen LogP contribution in [0.2, 0.25) is 0 Å².